The number of hydrogen-bond acceptors (Lipinski definition) is 3. The molecule has 0 atom stereocenters. The van der Waals surface area contributed by atoms with Crippen LogP contribution in [0.25, 0.3) is 0 Å². The zero-order valence-corrected chi connectivity index (χ0v) is 13.2. The van der Waals surface area contributed by atoms with Crippen LogP contribution < -0.4 is 0 Å². The third-order valence-electron chi connectivity index (χ3n) is 4.77. The number of benzene rings is 1. The van der Waals surface area contributed by atoms with Crippen LogP contribution in [-0.4, -0.2) is 24.3 Å². The highest BCUT2D eigenvalue weighted by atomic mass is 16.6. The molecule has 0 spiro atoms. The predicted octanol–water partition coefficient (Wildman–Crippen LogP) is 4.50. The molecule has 3 heteroatoms. The van der Waals surface area contributed by atoms with Crippen molar-refractivity contribution < 1.29 is 14.3 Å². The summed E-state index contributed by atoms with van der Waals surface area (Å²) in [5.41, 5.74) is 0.631. The van der Waals surface area contributed by atoms with Crippen LogP contribution in [0.2, 0.25) is 0 Å². The van der Waals surface area contributed by atoms with Crippen molar-refractivity contribution in [1.29, 1.82) is 0 Å². The number of rotatable bonds is 4. The number of carbonyl (C=O) groups excluding carboxylic acids is 1. The Morgan fingerprint density at radius 1 is 0.818 bits per heavy atom. The predicted molar refractivity (Wildman–Crippen MR) is 85.9 cm³/mol. The maximum atomic E-state index is 12.0. The normalized spacial score (nSPS) is 26.5. The molecule has 22 heavy (non-hydrogen) atoms. The molecule has 2 aliphatic carbocycles. The van der Waals surface area contributed by atoms with Gasteiger partial charge in [-0.15, -0.1) is 0 Å². The Morgan fingerprint density at radius 2 is 1.45 bits per heavy atom. The number of carbonyl (C=O) groups is 1. The van der Waals surface area contributed by atoms with Gasteiger partial charge in [0.25, 0.3) is 0 Å². The van der Waals surface area contributed by atoms with Crippen LogP contribution in [0, 0.1) is 0 Å². The zero-order chi connectivity index (χ0) is 15.2. The van der Waals surface area contributed by atoms with Crippen molar-refractivity contribution in [2.45, 2.75) is 76.1 Å². The standard InChI is InChI=1S/C19H26O3/c20-19(15-9-5-4-6-10-15)22-18-13-17(14-18)21-16-11-7-2-1-3-8-12-16/h4-6,9-10,16-18H,1-3,7-8,11-14H2. The molecule has 1 aromatic carbocycles. The van der Waals surface area contributed by atoms with Gasteiger partial charge in [0.05, 0.1) is 17.8 Å². The first-order valence-corrected chi connectivity index (χ1v) is 8.73. The summed E-state index contributed by atoms with van der Waals surface area (Å²) in [6.45, 7) is 0. The van der Waals surface area contributed by atoms with Crippen molar-refractivity contribution in [2.75, 3.05) is 0 Å². The van der Waals surface area contributed by atoms with Crippen molar-refractivity contribution in [3.63, 3.8) is 0 Å². The van der Waals surface area contributed by atoms with Crippen molar-refractivity contribution in [3.8, 4) is 0 Å². The van der Waals surface area contributed by atoms with Gasteiger partial charge >= 0.3 is 5.97 Å². The third-order valence-corrected chi connectivity index (χ3v) is 4.77. The van der Waals surface area contributed by atoms with E-state index in [0.29, 0.717) is 11.7 Å². The SMILES string of the molecule is O=C(OC1CC(OC2CCCCCCC2)C1)c1ccccc1. The molecule has 0 bridgehead atoms. The van der Waals surface area contributed by atoms with Crippen LogP contribution in [0.5, 0.6) is 0 Å². The van der Waals surface area contributed by atoms with E-state index in [-0.39, 0.29) is 18.2 Å². The molecular weight excluding hydrogens is 276 g/mol. The van der Waals surface area contributed by atoms with E-state index in [9.17, 15) is 4.79 Å². The molecule has 0 amide bonds. The Balaban J connectivity index is 1.37. The van der Waals surface area contributed by atoms with E-state index >= 15 is 0 Å². The molecule has 0 heterocycles. The first kappa shape index (κ1) is 15.5. The number of esters is 1. The summed E-state index contributed by atoms with van der Waals surface area (Å²) in [6.07, 6.45) is 11.5. The van der Waals surface area contributed by atoms with E-state index in [1.807, 2.05) is 18.2 Å². The fourth-order valence-corrected chi connectivity index (χ4v) is 3.35. The molecule has 1 aromatic rings. The van der Waals surface area contributed by atoms with Gasteiger partial charge in [-0.1, -0.05) is 50.3 Å². The minimum absolute atomic E-state index is 0.0336. The van der Waals surface area contributed by atoms with Crippen molar-refractivity contribution >= 4 is 5.97 Å². The van der Waals surface area contributed by atoms with Crippen LogP contribution in [0.1, 0.15) is 68.1 Å². The zero-order valence-electron chi connectivity index (χ0n) is 13.2. The minimum Gasteiger partial charge on any atom is -0.459 e. The third kappa shape index (κ3) is 4.33. The molecule has 0 saturated heterocycles. The van der Waals surface area contributed by atoms with E-state index in [2.05, 4.69) is 0 Å². The van der Waals surface area contributed by atoms with Gasteiger partial charge in [-0.25, -0.2) is 4.79 Å². The highest BCUT2D eigenvalue weighted by Crippen LogP contribution is 2.31. The molecule has 2 fully saturated rings. The van der Waals surface area contributed by atoms with Gasteiger partial charge in [0.15, 0.2) is 0 Å². The quantitative estimate of drug-likeness (QED) is 0.768. The molecule has 0 radical (unpaired) electrons. The average molecular weight is 302 g/mol. The van der Waals surface area contributed by atoms with Crippen LogP contribution in [0.3, 0.4) is 0 Å². The minimum atomic E-state index is -0.213. The molecule has 2 saturated carbocycles. The topological polar surface area (TPSA) is 35.5 Å². The van der Waals surface area contributed by atoms with Gasteiger partial charge in [0.2, 0.25) is 0 Å². The summed E-state index contributed by atoms with van der Waals surface area (Å²) in [4.78, 5) is 12.0. The maximum absolute atomic E-state index is 12.0. The van der Waals surface area contributed by atoms with Crippen molar-refractivity contribution in [1.82, 2.24) is 0 Å². The molecule has 0 aliphatic heterocycles. The molecule has 3 nitrogen and oxygen atoms in total. The van der Waals surface area contributed by atoms with Gasteiger partial charge < -0.3 is 9.47 Å². The Hall–Kier alpha value is -1.35. The lowest BCUT2D eigenvalue weighted by atomic mass is 9.90. The fraction of sp³-hybridized carbons (Fsp3) is 0.632. The second kappa shape index (κ2) is 7.77. The number of hydrogen-bond donors (Lipinski definition) is 0. The van der Waals surface area contributed by atoms with E-state index < -0.39 is 0 Å². The van der Waals surface area contributed by atoms with Crippen molar-refractivity contribution in [2.24, 2.45) is 0 Å². The first-order valence-electron chi connectivity index (χ1n) is 8.73. The first-order chi connectivity index (χ1) is 10.8. The highest BCUT2D eigenvalue weighted by molar-refractivity contribution is 5.89. The Labute approximate surface area is 133 Å². The van der Waals surface area contributed by atoms with Crippen LogP contribution >= 0.6 is 0 Å². The summed E-state index contributed by atoms with van der Waals surface area (Å²) < 4.78 is 11.7. The van der Waals surface area contributed by atoms with Crippen LogP contribution in [0.4, 0.5) is 0 Å². The number of ether oxygens (including phenoxy) is 2. The van der Waals surface area contributed by atoms with E-state index in [4.69, 9.17) is 9.47 Å². The van der Waals surface area contributed by atoms with Gasteiger partial charge in [0.1, 0.15) is 6.10 Å². The smallest absolute Gasteiger partial charge is 0.338 e. The van der Waals surface area contributed by atoms with Crippen LogP contribution in [0.15, 0.2) is 30.3 Å². The van der Waals surface area contributed by atoms with E-state index in [1.54, 1.807) is 12.1 Å². The van der Waals surface area contributed by atoms with Gasteiger partial charge in [-0.05, 0) is 25.0 Å². The summed E-state index contributed by atoms with van der Waals surface area (Å²) in [5.74, 6) is -0.213. The molecule has 2 aliphatic rings. The molecule has 0 unspecified atom stereocenters. The van der Waals surface area contributed by atoms with Crippen LogP contribution in [-0.2, 0) is 9.47 Å². The summed E-state index contributed by atoms with van der Waals surface area (Å²) in [5, 5.41) is 0. The Morgan fingerprint density at radius 3 is 2.14 bits per heavy atom. The highest BCUT2D eigenvalue weighted by Gasteiger charge is 2.34. The lowest BCUT2D eigenvalue weighted by Crippen LogP contribution is -2.41. The van der Waals surface area contributed by atoms with E-state index in [1.165, 1.54) is 44.9 Å². The van der Waals surface area contributed by atoms with Gasteiger partial charge in [0, 0.05) is 12.8 Å². The Bertz CT molecular complexity index is 457. The summed E-state index contributed by atoms with van der Waals surface area (Å²) in [7, 11) is 0. The second-order valence-corrected chi connectivity index (χ2v) is 6.59. The molecule has 0 aromatic heterocycles. The van der Waals surface area contributed by atoms with Gasteiger partial charge in [-0.2, -0.15) is 0 Å². The fourth-order valence-electron chi connectivity index (χ4n) is 3.35. The second-order valence-electron chi connectivity index (χ2n) is 6.59. The molecule has 3 rings (SSSR count). The summed E-state index contributed by atoms with van der Waals surface area (Å²) in [6, 6.07) is 9.21. The largest absolute Gasteiger partial charge is 0.459 e. The van der Waals surface area contributed by atoms with E-state index in [0.717, 1.165) is 12.8 Å². The van der Waals surface area contributed by atoms with Crippen molar-refractivity contribution in [3.05, 3.63) is 35.9 Å². The molecule has 120 valence electrons. The van der Waals surface area contributed by atoms with Gasteiger partial charge in [-0.3, -0.25) is 0 Å². The molecular formula is C19H26O3. The Kier molecular flexibility index (Phi) is 5.49. The maximum Gasteiger partial charge on any atom is 0.338 e. The lowest BCUT2D eigenvalue weighted by Gasteiger charge is -2.37. The molecule has 0 N–H and O–H groups in total. The average Bonchev–Trinajstić information content (AvgIpc) is 2.47. The lowest BCUT2D eigenvalue weighted by molar-refractivity contribution is -0.113. The summed E-state index contributed by atoms with van der Waals surface area (Å²) >= 11 is 0. The monoisotopic (exact) mass is 302 g/mol.